The first kappa shape index (κ1) is 21.4. The third-order valence-electron chi connectivity index (χ3n) is 3.91. The number of nitrogens with one attached hydrogen (secondary N) is 1. The number of nitrogens with zero attached hydrogens (tertiary/aromatic N) is 1. The van der Waals surface area contributed by atoms with Gasteiger partial charge < -0.3 is 9.16 Å². The Bertz CT molecular complexity index is 660. The Balaban J connectivity index is 2.57. The van der Waals surface area contributed by atoms with Crippen molar-refractivity contribution < 1.29 is 17.6 Å². The average molecular weight is 439 g/mol. The summed E-state index contributed by atoms with van der Waals surface area (Å²) >= 11 is 3.27. The molecule has 9 heteroatoms. The molecule has 0 aromatic carbocycles. The molecule has 24 heavy (non-hydrogen) atoms. The van der Waals surface area contributed by atoms with Gasteiger partial charge in [0.15, 0.2) is 8.32 Å². The lowest BCUT2D eigenvalue weighted by Gasteiger charge is -2.36. The van der Waals surface area contributed by atoms with Crippen LogP contribution in [-0.4, -0.2) is 41.2 Å². The molecule has 0 spiro atoms. The van der Waals surface area contributed by atoms with E-state index >= 15 is 0 Å². The van der Waals surface area contributed by atoms with E-state index in [-0.39, 0.29) is 10.9 Å². The van der Waals surface area contributed by atoms with Crippen molar-refractivity contribution in [1.29, 1.82) is 0 Å². The van der Waals surface area contributed by atoms with Gasteiger partial charge in [0.2, 0.25) is 15.9 Å². The van der Waals surface area contributed by atoms with E-state index in [1.165, 1.54) is 0 Å². The second-order valence-electron chi connectivity index (χ2n) is 7.19. The Labute approximate surface area is 154 Å². The molecular formula is C15H27BrN2O4SSi. The Kier molecular flexibility index (Phi) is 7.27. The summed E-state index contributed by atoms with van der Waals surface area (Å²) in [5.41, 5.74) is 0.317. The number of hydrogen-bond acceptors (Lipinski definition) is 5. The van der Waals surface area contributed by atoms with E-state index in [1.807, 2.05) is 0 Å². The topological polar surface area (TPSA) is 77.5 Å². The summed E-state index contributed by atoms with van der Waals surface area (Å²) in [4.78, 5) is 4.12. The number of aromatic nitrogens is 1. The number of anilines is 1. The van der Waals surface area contributed by atoms with Crippen molar-refractivity contribution in [3.63, 3.8) is 0 Å². The van der Waals surface area contributed by atoms with E-state index in [0.717, 1.165) is 6.26 Å². The third kappa shape index (κ3) is 7.08. The van der Waals surface area contributed by atoms with Crippen LogP contribution in [0.5, 0.6) is 5.88 Å². The minimum Gasteiger partial charge on any atom is -0.476 e. The highest BCUT2D eigenvalue weighted by Crippen LogP contribution is 2.36. The van der Waals surface area contributed by atoms with Crippen LogP contribution in [0.15, 0.2) is 16.7 Å². The van der Waals surface area contributed by atoms with Gasteiger partial charge in [0.25, 0.3) is 0 Å². The normalized spacial score (nSPS) is 13.0. The van der Waals surface area contributed by atoms with Crippen molar-refractivity contribution in [2.45, 2.75) is 45.3 Å². The molecule has 6 nitrogen and oxygen atoms in total. The molecule has 0 amide bonds. The maximum absolute atomic E-state index is 11.4. The standard InChI is InChI=1S/C15H27BrN2O4SSi/c1-15(2,3)24(5,6)22-9-7-8-21-14-13(18-23(4,19)20)10-12(16)11-17-14/h10-11,18H,7-9H2,1-6H3. The molecule has 0 bridgehead atoms. The fourth-order valence-electron chi connectivity index (χ4n) is 1.59. The van der Waals surface area contributed by atoms with E-state index in [1.54, 1.807) is 12.3 Å². The highest BCUT2D eigenvalue weighted by atomic mass is 79.9. The Hall–Kier alpha value is -0.643. The number of ether oxygens (including phenoxy) is 1. The van der Waals surface area contributed by atoms with Gasteiger partial charge in [-0.05, 0) is 40.1 Å². The van der Waals surface area contributed by atoms with E-state index < -0.39 is 18.3 Å². The molecule has 0 aliphatic heterocycles. The molecule has 0 atom stereocenters. The summed E-state index contributed by atoms with van der Waals surface area (Å²) in [5, 5.41) is 0.174. The van der Waals surface area contributed by atoms with Gasteiger partial charge in [-0.2, -0.15) is 0 Å². The number of hydrogen-bond donors (Lipinski definition) is 1. The molecular weight excluding hydrogens is 412 g/mol. The zero-order chi connectivity index (χ0) is 18.6. The quantitative estimate of drug-likeness (QED) is 0.489. The van der Waals surface area contributed by atoms with E-state index in [2.05, 4.69) is 59.5 Å². The van der Waals surface area contributed by atoms with Crippen LogP contribution in [0, 0.1) is 0 Å². The van der Waals surface area contributed by atoms with Crippen molar-refractivity contribution >= 4 is 40.0 Å². The van der Waals surface area contributed by atoms with Gasteiger partial charge in [0.05, 0.1) is 12.9 Å². The molecule has 1 aromatic rings. The zero-order valence-electron chi connectivity index (χ0n) is 15.1. The summed E-state index contributed by atoms with van der Waals surface area (Å²) in [7, 11) is -5.15. The fraction of sp³-hybridized carbons (Fsp3) is 0.667. The fourth-order valence-corrected chi connectivity index (χ4v) is 3.55. The molecule has 1 rings (SSSR count). The first-order valence-electron chi connectivity index (χ1n) is 7.72. The molecule has 1 aromatic heterocycles. The third-order valence-corrected chi connectivity index (χ3v) is 9.47. The predicted octanol–water partition coefficient (Wildman–Crippen LogP) is 4.01. The summed E-state index contributed by atoms with van der Waals surface area (Å²) < 4.78 is 37.6. The molecule has 0 saturated heterocycles. The molecule has 0 unspecified atom stereocenters. The Morgan fingerprint density at radius 1 is 1.29 bits per heavy atom. The van der Waals surface area contributed by atoms with Gasteiger partial charge in [-0.15, -0.1) is 0 Å². The molecule has 0 aliphatic carbocycles. The second kappa shape index (κ2) is 8.16. The molecule has 0 radical (unpaired) electrons. The van der Waals surface area contributed by atoms with Gasteiger partial charge in [0.1, 0.15) is 5.69 Å². The van der Waals surface area contributed by atoms with Crippen LogP contribution in [0.1, 0.15) is 27.2 Å². The van der Waals surface area contributed by atoms with Crippen LogP contribution >= 0.6 is 15.9 Å². The van der Waals surface area contributed by atoms with Gasteiger partial charge in [-0.25, -0.2) is 13.4 Å². The van der Waals surface area contributed by atoms with Crippen LogP contribution in [0.3, 0.4) is 0 Å². The van der Waals surface area contributed by atoms with E-state index in [9.17, 15) is 8.42 Å². The maximum atomic E-state index is 11.4. The molecule has 0 saturated carbocycles. The van der Waals surface area contributed by atoms with Crippen LogP contribution in [0.25, 0.3) is 0 Å². The van der Waals surface area contributed by atoms with Crippen molar-refractivity contribution in [2.75, 3.05) is 24.2 Å². The first-order chi connectivity index (χ1) is 10.8. The Morgan fingerprint density at radius 3 is 2.46 bits per heavy atom. The first-order valence-corrected chi connectivity index (χ1v) is 13.3. The van der Waals surface area contributed by atoms with Gasteiger partial charge in [0, 0.05) is 23.7 Å². The van der Waals surface area contributed by atoms with Crippen LogP contribution in [0.4, 0.5) is 5.69 Å². The summed E-state index contributed by atoms with van der Waals surface area (Å²) in [6.07, 6.45) is 3.36. The minimum absolute atomic E-state index is 0.174. The number of pyridine rings is 1. The van der Waals surface area contributed by atoms with Crippen molar-refractivity contribution in [1.82, 2.24) is 4.98 Å². The zero-order valence-corrected chi connectivity index (χ0v) is 18.5. The summed E-state index contributed by atoms with van der Waals surface area (Å²) in [6.45, 7) is 12.0. The smallest absolute Gasteiger partial charge is 0.238 e. The summed E-state index contributed by atoms with van der Waals surface area (Å²) in [6, 6.07) is 1.62. The van der Waals surface area contributed by atoms with Gasteiger partial charge in [-0.3, -0.25) is 4.72 Å². The van der Waals surface area contributed by atoms with Crippen molar-refractivity contribution in [2.24, 2.45) is 0 Å². The van der Waals surface area contributed by atoms with Crippen LogP contribution in [-0.2, 0) is 14.4 Å². The Morgan fingerprint density at radius 2 is 1.92 bits per heavy atom. The van der Waals surface area contributed by atoms with Gasteiger partial charge in [-0.1, -0.05) is 20.8 Å². The number of halogens is 1. The van der Waals surface area contributed by atoms with E-state index in [0.29, 0.717) is 29.8 Å². The minimum atomic E-state index is -3.40. The SMILES string of the molecule is CC(C)(C)[Si](C)(C)OCCCOc1ncc(Br)cc1NS(C)(=O)=O. The molecule has 0 aliphatic rings. The predicted molar refractivity (Wildman–Crippen MR) is 104 cm³/mol. The highest BCUT2D eigenvalue weighted by molar-refractivity contribution is 9.10. The summed E-state index contributed by atoms with van der Waals surface area (Å²) in [5.74, 6) is 0.260. The highest BCUT2D eigenvalue weighted by Gasteiger charge is 2.36. The van der Waals surface area contributed by atoms with Crippen LogP contribution in [0.2, 0.25) is 18.1 Å². The van der Waals surface area contributed by atoms with Crippen molar-refractivity contribution in [3.8, 4) is 5.88 Å². The lowest BCUT2D eigenvalue weighted by molar-refractivity contribution is 0.230. The number of rotatable bonds is 8. The number of sulfonamides is 1. The molecule has 0 fully saturated rings. The second-order valence-corrected chi connectivity index (χ2v) is 14.7. The van der Waals surface area contributed by atoms with Crippen molar-refractivity contribution in [3.05, 3.63) is 16.7 Å². The lowest BCUT2D eigenvalue weighted by atomic mass is 10.2. The average Bonchev–Trinajstić information content (AvgIpc) is 2.37. The molecule has 1 heterocycles. The van der Waals surface area contributed by atoms with Gasteiger partial charge >= 0.3 is 0 Å². The largest absolute Gasteiger partial charge is 0.476 e. The lowest BCUT2D eigenvalue weighted by Crippen LogP contribution is -2.41. The van der Waals surface area contributed by atoms with Crippen LogP contribution < -0.4 is 9.46 Å². The maximum Gasteiger partial charge on any atom is 0.238 e. The molecule has 138 valence electrons. The molecule has 1 N–H and O–H groups in total. The monoisotopic (exact) mass is 438 g/mol. The van der Waals surface area contributed by atoms with E-state index in [4.69, 9.17) is 9.16 Å².